The Morgan fingerprint density at radius 2 is 2.32 bits per heavy atom. The van der Waals surface area contributed by atoms with Gasteiger partial charge < -0.3 is 14.4 Å². The number of esters is 1. The summed E-state index contributed by atoms with van der Waals surface area (Å²) in [7, 11) is 0. The Labute approximate surface area is 113 Å². The quantitative estimate of drug-likeness (QED) is 0.780. The summed E-state index contributed by atoms with van der Waals surface area (Å²) in [5, 5.41) is 0. The topological polar surface area (TPSA) is 51.7 Å². The first kappa shape index (κ1) is 13.8. The third kappa shape index (κ3) is 3.23. The van der Waals surface area contributed by atoms with Gasteiger partial charge in [0.05, 0.1) is 30.9 Å². The first-order valence-electron chi connectivity index (χ1n) is 6.63. The van der Waals surface area contributed by atoms with E-state index in [0.29, 0.717) is 18.8 Å². The van der Waals surface area contributed by atoms with Crippen LogP contribution >= 0.6 is 0 Å². The zero-order valence-corrected chi connectivity index (χ0v) is 11.6. The molecule has 2 heterocycles. The summed E-state index contributed by atoms with van der Waals surface area (Å²) >= 11 is 0. The third-order valence-electron chi connectivity index (χ3n) is 3.16. The molecule has 1 aliphatic rings. The van der Waals surface area contributed by atoms with E-state index in [4.69, 9.17) is 9.47 Å². The molecule has 0 amide bonds. The number of hydrogen-bond acceptors (Lipinski definition) is 5. The Balaban J connectivity index is 2.11. The SMILES string of the molecule is CCOC(=O)c1ccc(N2CC(C)OCC2C)nc1. The molecular weight excluding hydrogens is 244 g/mol. The number of aromatic nitrogens is 1. The molecule has 0 saturated carbocycles. The number of carbonyl (C=O) groups is 1. The van der Waals surface area contributed by atoms with Gasteiger partial charge in [0, 0.05) is 12.7 Å². The largest absolute Gasteiger partial charge is 0.462 e. The lowest BCUT2D eigenvalue weighted by Crippen LogP contribution is -2.47. The highest BCUT2D eigenvalue weighted by molar-refractivity contribution is 5.89. The van der Waals surface area contributed by atoms with Crippen molar-refractivity contribution in [2.45, 2.75) is 32.9 Å². The normalized spacial score (nSPS) is 23.2. The molecule has 0 bridgehead atoms. The van der Waals surface area contributed by atoms with Gasteiger partial charge in [0.25, 0.3) is 0 Å². The number of morpholine rings is 1. The van der Waals surface area contributed by atoms with E-state index in [1.807, 2.05) is 13.0 Å². The lowest BCUT2D eigenvalue weighted by atomic mass is 10.2. The molecular formula is C14H20N2O3. The molecule has 1 aromatic heterocycles. The molecule has 0 aromatic carbocycles. The predicted molar refractivity (Wildman–Crippen MR) is 72.4 cm³/mol. The van der Waals surface area contributed by atoms with Crippen LogP contribution in [-0.2, 0) is 9.47 Å². The first-order chi connectivity index (χ1) is 9.11. The van der Waals surface area contributed by atoms with Crippen molar-refractivity contribution in [3.63, 3.8) is 0 Å². The van der Waals surface area contributed by atoms with Crippen LogP contribution in [0, 0.1) is 0 Å². The molecule has 0 N–H and O–H groups in total. The highest BCUT2D eigenvalue weighted by Gasteiger charge is 2.24. The van der Waals surface area contributed by atoms with Crippen molar-refractivity contribution in [2.75, 3.05) is 24.7 Å². The number of pyridine rings is 1. The van der Waals surface area contributed by atoms with Gasteiger partial charge in [0.2, 0.25) is 0 Å². The Hall–Kier alpha value is -1.62. The van der Waals surface area contributed by atoms with Crippen LogP contribution in [0.4, 0.5) is 5.82 Å². The zero-order valence-electron chi connectivity index (χ0n) is 11.6. The average molecular weight is 264 g/mol. The predicted octanol–water partition coefficient (Wildman–Crippen LogP) is 1.87. The Kier molecular flexibility index (Phi) is 4.37. The number of ether oxygens (including phenoxy) is 2. The smallest absolute Gasteiger partial charge is 0.339 e. The second-order valence-electron chi connectivity index (χ2n) is 4.77. The van der Waals surface area contributed by atoms with Crippen LogP contribution < -0.4 is 4.90 Å². The third-order valence-corrected chi connectivity index (χ3v) is 3.16. The fourth-order valence-electron chi connectivity index (χ4n) is 2.11. The minimum absolute atomic E-state index is 0.197. The molecule has 2 rings (SSSR count). The van der Waals surface area contributed by atoms with Crippen molar-refractivity contribution in [3.05, 3.63) is 23.9 Å². The van der Waals surface area contributed by atoms with Crippen molar-refractivity contribution < 1.29 is 14.3 Å². The fourth-order valence-corrected chi connectivity index (χ4v) is 2.11. The molecule has 2 unspecified atom stereocenters. The maximum absolute atomic E-state index is 11.6. The van der Waals surface area contributed by atoms with Crippen molar-refractivity contribution in [1.29, 1.82) is 0 Å². The van der Waals surface area contributed by atoms with Crippen LogP contribution in [0.25, 0.3) is 0 Å². The van der Waals surface area contributed by atoms with E-state index in [1.165, 1.54) is 0 Å². The summed E-state index contributed by atoms with van der Waals surface area (Å²) in [6.45, 7) is 7.82. The van der Waals surface area contributed by atoms with E-state index in [1.54, 1.807) is 19.2 Å². The van der Waals surface area contributed by atoms with Crippen molar-refractivity contribution in [2.24, 2.45) is 0 Å². The van der Waals surface area contributed by atoms with Gasteiger partial charge in [-0.1, -0.05) is 0 Å². The summed E-state index contributed by atoms with van der Waals surface area (Å²) in [4.78, 5) is 18.1. The zero-order chi connectivity index (χ0) is 13.8. The summed E-state index contributed by atoms with van der Waals surface area (Å²) in [5.41, 5.74) is 0.486. The van der Waals surface area contributed by atoms with E-state index < -0.39 is 0 Å². The molecule has 104 valence electrons. The second-order valence-corrected chi connectivity index (χ2v) is 4.77. The summed E-state index contributed by atoms with van der Waals surface area (Å²) in [6, 6.07) is 3.91. The Morgan fingerprint density at radius 1 is 1.53 bits per heavy atom. The van der Waals surface area contributed by atoms with E-state index in [2.05, 4.69) is 16.8 Å². The minimum atomic E-state index is -0.329. The van der Waals surface area contributed by atoms with Gasteiger partial charge >= 0.3 is 5.97 Å². The molecule has 1 saturated heterocycles. The van der Waals surface area contributed by atoms with Gasteiger partial charge in [-0.3, -0.25) is 0 Å². The maximum atomic E-state index is 11.6. The van der Waals surface area contributed by atoms with Gasteiger partial charge in [0.15, 0.2) is 0 Å². The van der Waals surface area contributed by atoms with Crippen LogP contribution in [0.2, 0.25) is 0 Å². The van der Waals surface area contributed by atoms with E-state index in [9.17, 15) is 4.79 Å². The minimum Gasteiger partial charge on any atom is -0.462 e. The average Bonchev–Trinajstić information content (AvgIpc) is 2.42. The van der Waals surface area contributed by atoms with E-state index in [-0.39, 0.29) is 18.1 Å². The van der Waals surface area contributed by atoms with Crippen molar-refractivity contribution in [1.82, 2.24) is 4.98 Å². The monoisotopic (exact) mass is 264 g/mol. The molecule has 0 radical (unpaired) electrons. The standard InChI is InChI=1S/C14H20N2O3/c1-4-18-14(17)12-5-6-13(15-7-12)16-8-11(3)19-9-10(16)2/h5-7,10-11H,4,8-9H2,1-3H3. The lowest BCUT2D eigenvalue weighted by molar-refractivity contribution is 0.0340. The molecule has 1 aliphatic heterocycles. The Morgan fingerprint density at radius 3 is 2.95 bits per heavy atom. The highest BCUT2D eigenvalue weighted by atomic mass is 16.5. The van der Waals surface area contributed by atoms with Gasteiger partial charge in [-0.05, 0) is 32.9 Å². The van der Waals surface area contributed by atoms with Gasteiger partial charge in [0.1, 0.15) is 5.82 Å². The summed E-state index contributed by atoms with van der Waals surface area (Å²) in [6.07, 6.45) is 1.77. The first-order valence-corrected chi connectivity index (χ1v) is 6.63. The maximum Gasteiger partial charge on any atom is 0.339 e. The summed E-state index contributed by atoms with van der Waals surface area (Å²) < 4.78 is 10.5. The van der Waals surface area contributed by atoms with Crippen LogP contribution in [0.3, 0.4) is 0 Å². The molecule has 5 heteroatoms. The second kappa shape index (κ2) is 6.02. The number of anilines is 1. The fraction of sp³-hybridized carbons (Fsp3) is 0.571. The van der Waals surface area contributed by atoms with Gasteiger partial charge in [-0.2, -0.15) is 0 Å². The molecule has 5 nitrogen and oxygen atoms in total. The molecule has 1 aromatic rings. The Bertz CT molecular complexity index is 433. The van der Waals surface area contributed by atoms with Crippen LogP contribution in [0.5, 0.6) is 0 Å². The van der Waals surface area contributed by atoms with E-state index in [0.717, 1.165) is 12.4 Å². The van der Waals surface area contributed by atoms with E-state index >= 15 is 0 Å². The number of nitrogens with zero attached hydrogens (tertiary/aromatic N) is 2. The molecule has 19 heavy (non-hydrogen) atoms. The van der Waals surface area contributed by atoms with Gasteiger partial charge in [-0.15, -0.1) is 0 Å². The summed E-state index contributed by atoms with van der Waals surface area (Å²) in [5.74, 6) is 0.542. The van der Waals surface area contributed by atoms with Crippen molar-refractivity contribution in [3.8, 4) is 0 Å². The lowest BCUT2D eigenvalue weighted by Gasteiger charge is -2.37. The van der Waals surface area contributed by atoms with Crippen LogP contribution in [-0.4, -0.2) is 42.9 Å². The van der Waals surface area contributed by atoms with Crippen LogP contribution in [0.1, 0.15) is 31.1 Å². The number of carbonyl (C=O) groups excluding carboxylic acids is 1. The number of rotatable bonds is 3. The highest BCUT2D eigenvalue weighted by Crippen LogP contribution is 2.19. The molecule has 2 atom stereocenters. The molecule has 1 fully saturated rings. The van der Waals surface area contributed by atoms with Crippen LogP contribution in [0.15, 0.2) is 18.3 Å². The van der Waals surface area contributed by atoms with Gasteiger partial charge in [-0.25, -0.2) is 9.78 Å². The van der Waals surface area contributed by atoms with Crippen molar-refractivity contribution >= 4 is 11.8 Å². The molecule has 0 aliphatic carbocycles. The molecule has 0 spiro atoms. The number of hydrogen-bond donors (Lipinski definition) is 0.